The highest BCUT2D eigenvalue weighted by molar-refractivity contribution is 9.10. The lowest BCUT2D eigenvalue weighted by Gasteiger charge is -2.10. The number of halogens is 4. The topological polar surface area (TPSA) is 73.1 Å². The maximum atomic E-state index is 12.0. The molecule has 0 atom stereocenters. The van der Waals surface area contributed by atoms with Crippen LogP contribution in [0.3, 0.4) is 0 Å². The first-order valence-electron chi connectivity index (χ1n) is 5.25. The van der Waals surface area contributed by atoms with E-state index in [1.54, 1.807) is 0 Å². The first-order chi connectivity index (χ1) is 9.32. The average Bonchev–Trinajstić information content (AvgIpc) is 2.28. The summed E-state index contributed by atoms with van der Waals surface area (Å²) in [6.45, 7) is 0. The number of hydrogen-bond donors (Lipinski definition) is 2. The van der Waals surface area contributed by atoms with E-state index >= 15 is 0 Å². The molecule has 106 valence electrons. The summed E-state index contributed by atoms with van der Waals surface area (Å²) in [5.74, 6) is 0.172. The van der Waals surface area contributed by atoms with Crippen LogP contribution in [0.25, 0.3) is 0 Å². The van der Waals surface area contributed by atoms with Crippen LogP contribution >= 0.6 is 15.9 Å². The number of nitrogens with zero attached hydrogens (tertiary/aromatic N) is 2. The van der Waals surface area contributed by atoms with E-state index < -0.39 is 6.36 Å². The molecule has 2 aromatic rings. The molecule has 1 aromatic carbocycles. The van der Waals surface area contributed by atoms with Crippen LogP contribution in [-0.2, 0) is 0 Å². The Labute approximate surface area is 120 Å². The van der Waals surface area contributed by atoms with Crippen molar-refractivity contribution >= 4 is 33.4 Å². The van der Waals surface area contributed by atoms with Crippen LogP contribution < -0.4 is 15.8 Å². The number of benzene rings is 1. The Kier molecular flexibility index (Phi) is 3.98. The minimum absolute atomic E-state index is 0.223. The molecule has 0 saturated carbocycles. The van der Waals surface area contributed by atoms with E-state index in [-0.39, 0.29) is 17.5 Å². The van der Waals surface area contributed by atoms with E-state index in [0.717, 1.165) is 0 Å². The molecule has 0 aliphatic rings. The zero-order chi connectivity index (χ0) is 14.8. The number of hydrogen-bond acceptors (Lipinski definition) is 5. The summed E-state index contributed by atoms with van der Waals surface area (Å²) < 4.78 is 40.3. The van der Waals surface area contributed by atoms with Gasteiger partial charge in [-0.25, -0.2) is 4.98 Å². The van der Waals surface area contributed by atoms with Gasteiger partial charge in [-0.3, -0.25) is 0 Å². The predicted octanol–water partition coefficient (Wildman–Crippen LogP) is 3.46. The minimum Gasteiger partial charge on any atom is -0.406 e. The zero-order valence-corrected chi connectivity index (χ0v) is 11.4. The molecule has 0 bridgehead atoms. The van der Waals surface area contributed by atoms with Crippen molar-refractivity contribution in [3.8, 4) is 5.75 Å². The molecule has 1 aromatic heterocycles. The number of nitrogen functional groups attached to an aromatic ring is 1. The van der Waals surface area contributed by atoms with E-state index in [2.05, 4.69) is 36.0 Å². The van der Waals surface area contributed by atoms with Crippen LogP contribution in [0.15, 0.2) is 34.9 Å². The quantitative estimate of drug-likeness (QED) is 0.831. The number of ether oxygens (including phenoxy) is 1. The molecule has 0 unspecified atom stereocenters. The number of nitrogens with one attached hydrogen (secondary N) is 1. The van der Waals surface area contributed by atoms with E-state index in [9.17, 15) is 13.2 Å². The Bertz CT molecular complexity index is 583. The first-order valence-corrected chi connectivity index (χ1v) is 6.04. The summed E-state index contributed by atoms with van der Waals surface area (Å²) in [6.07, 6.45) is -4.71. The summed E-state index contributed by atoms with van der Waals surface area (Å²) in [4.78, 5) is 7.94. The number of rotatable bonds is 3. The normalized spacial score (nSPS) is 11.2. The third-order valence-electron chi connectivity index (χ3n) is 2.06. The summed E-state index contributed by atoms with van der Waals surface area (Å²) in [7, 11) is 0. The van der Waals surface area contributed by atoms with Crippen LogP contribution in [0.1, 0.15) is 0 Å². The highest BCUT2D eigenvalue weighted by Crippen LogP contribution is 2.25. The molecule has 5 nitrogen and oxygen atoms in total. The van der Waals surface area contributed by atoms with Gasteiger partial charge in [0.2, 0.25) is 5.95 Å². The molecule has 0 aliphatic heterocycles. The Morgan fingerprint density at radius 2 is 1.80 bits per heavy atom. The van der Waals surface area contributed by atoms with Gasteiger partial charge in [-0.2, -0.15) is 4.98 Å². The first kappa shape index (κ1) is 14.4. The fraction of sp³-hybridized carbons (Fsp3) is 0.0909. The van der Waals surface area contributed by atoms with Crippen molar-refractivity contribution in [3.05, 3.63) is 34.9 Å². The van der Waals surface area contributed by atoms with Crippen molar-refractivity contribution in [2.45, 2.75) is 6.36 Å². The van der Waals surface area contributed by atoms with Gasteiger partial charge in [0, 0.05) is 11.8 Å². The van der Waals surface area contributed by atoms with Gasteiger partial charge in [0.05, 0.1) is 0 Å². The SMILES string of the molecule is Nc1cc(Br)nc(Nc2ccc(OC(F)(F)F)cc2)n1. The van der Waals surface area contributed by atoms with Gasteiger partial charge in [-0.1, -0.05) is 0 Å². The summed E-state index contributed by atoms with van der Waals surface area (Å²) in [5.41, 5.74) is 6.04. The van der Waals surface area contributed by atoms with Crippen molar-refractivity contribution < 1.29 is 17.9 Å². The molecule has 0 saturated heterocycles. The Morgan fingerprint density at radius 3 is 2.35 bits per heavy atom. The van der Waals surface area contributed by atoms with Crippen molar-refractivity contribution in [2.24, 2.45) is 0 Å². The minimum atomic E-state index is -4.71. The number of anilines is 3. The molecule has 20 heavy (non-hydrogen) atoms. The molecule has 0 aliphatic carbocycles. The van der Waals surface area contributed by atoms with E-state index in [0.29, 0.717) is 10.3 Å². The lowest BCUT2D eigenvalue weighted by Crippen LogP contribution is -2.17. The lowest BCUT2D eigenvalue weighted by atomic mass is 10.3. The van der Waals surface area contributed by atoms with Crippen LogP contribution in [0, 0.1) is 0 Å². The molecule has 1 heterocycles. The Balaban J connectivity index is 2.10. The van der Waals surface area contributed by atoms with Crippen LogP contribution in [0.4, 0.5) is 30.6 Å². The van der Waals surface area contributed by atoms with Gasteiger partial charge >= 0.3 is 6.36 Å². The maximum Gasteiger partial charge on any atom is 0.573 e. The molecule has 0 amide bonds. The third kappa shape index (κ3) is 4.26. The van der Waals surface area contributed by atoms with Gasteiger partial charge in [-0.15, -0.1) is 13.2 Å². The van der Waals surface area contributed by atoms with Gasteiger partial charge in [-0.05, 0) is 40.2 Å². The highest BCUT2D eigenvalue weighted by Gasteiger charge is 2.30. The monoisotopic (exact) mass is 348 g/mol. The summed E-state index contributed by atoms with van der Waals surface area (Å²) in [6, 6.07) is 6.68. The van der Waals surface area contributed by atoms with Gasteiger partial charge in [0.1, 0.15) is 16.2 Å². The van der Waals surface area contributed by atoms with Gasteiger partial charge < -0.3 is 15.8 Å². The second-order valence-corrected chi connectivity index (χ2v) is 4.45. The Hall–Kier alpha value is -2.03. The van der Waals surface area contributed by atoms with Crippen LogP contribution in [-0.4, -0.2) is 16.3 Å². The fourth-order valence-corrected chi connectivity index (χ4v) is 1.76. The van der Waals surface area contributed by atoms with Crippen molar-refractivity contribution in [1.82, 2.24) is 9.97 Å². The fourth-order valence-electron chi connectivity index (χ4n) is 1.36. The molecule has 3 N–H and O–H groups in total. The van der Waals surface area contributed by atoms with Gasteiger partial charge in [0.15, 0.2) is 0 Å². The second kappa shape index (κ2) is 5.53. The highest BCUT2D eigenvalue weighted by atomic mass is 79.9. The smallest absolute Gasteiger partial charge is 0.406 e. The zero-order valence-electron chi connectivity index (χ0n) is 9.78. The molecule has 0 spiro atoms. The number of nitrogens with two attached hydrogens (primary N) is 1. The van der Waals surface area contributed by atoms with Crippen molar-refractivity contribution in [1.29, 1.82) is 0 Å². The molecular formula is C11H8BrF3N4O. The average molecular weight is 349 g/mol. The standard InChI is InChI=1S/C11H8BrF3N4O/c12-8-5-9(16)19-10(18-8)17-6-1-3-7(4-2-6)20-11(13,14)15/h1-5H,(H3,16,17,18,19). The van der Waals surface area contributed by atoms with E-state index in [4.69, 9.17) is 5.73 Å². The maximum absolute atomic E-state index is 12.0. The van der Waals surface area contributed by atoms with Gasteiger partial charge in [0.25, 0.3) is 0 Å². The lowest BCUT2D eigenvalue weighted by molar-refractivity contribution is -0.274. The van der Waals surface area contributed by atoms with Crippen molar-refractivity contribution in [2.75, 3.05) is 11.1 Å². The molecule has 9 heteroatoms. The molecular weight excluding hydrogens is 341 g/mol. The largest absolute Gasteiger partial charge is 0.573 e. The third-order valence-corrected chi connectivity index (χ3v) is 2.46. The predicted molar refractivity (Wildman–Crippen MR) is 70.6 cm³/mol. The Morgan fingerprint density at radius 1 is 1.15 bits per heavy atom. The molecule has 0 fully saturated rings. The molecule has 0 radical (unpaired) electrons. The van der Waals surface area contributed by atoms with E-state index in [1.165, 1.54) is 30.3 Å². The summed E-state index contributed by atoms with van der Waals surface area (Å²) >= 11 is 3.15. The number of aromatic nitrogens is 2. The second-order valence-electron chi connectivity index (χ2n) is 3.64. The molecule has 2 rings (SSSR count). The van der Waals surface area contributed by atoms with Crippen LogP contribution in [0.2, 0.25) is 0 Å². The summed E-state index contributed by atoms with van der Waals surface area (Å²) in [5, 5.41) is 2.81. The van der Waals surface area contributed by atoms with Crippen molar-refractivity contribution in [3.63, 3.8) is 0 Å². The van der Waals surface area contributed by atoms with E-state index in [1.807, 2.05) is 0 Å². The van der Waals surface area contributed by atoms with Crippen LogP contribution in [0.5, 0.6) is 5.75 Å². The number of alkyl halides is 3.